The number of anilines is 1. The lowest BCUT2D eigenvalue weighted by Gasteiger charge is -2.18. The third kappa shape index (κ3) is 1.51. The molecule has 1 nitrogen and oxygen atoms in total. The molecule has 0 fully saturated rings. The minimum Gasteiger partial charge on any atom is -0.399 e. The standard InChI is InChI=1S/C13H11NS/c14-11-6-5-10-7-9-3-1-2-4-12(9)15-13(10)8-11/h1-6,8H,7,14H2. The van der Waals surface area contributed by atoms with Crippen molar-refractivity contribution in [2.75, 3.05) is 5.73 Å². The first-order valence-corrected chi connectivity index (χ1v) is 5.79. The van der Waals surface area contributed by atoms with Crippen molar-refractivity contribution in [3.8, 4) is 0 Å². The summed E-state index contributed by atoms with van der Waals surface area (Å²) in [6.45, 7) is 0. The second-order valence-electron chi connectivity index (χ2n) is 3.75. The fourth-order valence-electron chi connectivity index (χ4n) is 1.89. The number of hydrogen-bond acceptors (Lipinski definition) is 2. The summed E-state index contributed by atoms with van der Waals surface area (Å²) >= 11 is 1.82. The maximum Gasteiger partial charge on any atom is 0.0325 e. The molecule has 2 N–H and O–H groups in total. The summed E-state index contributed by atoms with van der Waals surface area (Å²) in [6, 6.07) is 14.7. The number of benzene rings is 2. The van der Waals surface area contributed by atoms with Gasteiger partial charge in [0.2, 0.25) is 0 Å². The van der Waals surface area contributed by atoms with E-state index in [1.54, 1.807) is 0 Å². The van der Waals surface area contributed by atoms with E-state index in [4.69, 9.17) is 5.73 Å². The van der Waals surface area contributed by atoms with Gasteiger partial charge in [-0.25, -0.2) is 0 Å². The second-order valence-corrected chi connectivity index (χ2v) is 4.84. The third-order valence-corrected chi connectivity index (χ3v) is 3.88. The van der Waals surface area contributed by atoms with Crippen LogP contribution in [0.2, 0.25) is 0 Å². The Hall–Kier alpha value is -1.41. The van der Waals surface area contributed by atoms with E-state index >= 15 is 0 Å². The molecule has 1 aliphatic rings. The van der Waals surface area contributed by atoms with Crippen LogP contribution in [0.1, 0.15) is 11.1 Å². The highest BCUT2D eigenvalue weighted by Crippen LogP contribution is 2.39. The molecule has 0 aliphatic carbocycles. The van der Waals surface area contributed by atoms with E-state index in [1.807, 2.05) is 17.8 Å². The molecule has 0 amide bonds. The summed E-state index contributed by atoms with van der Waals surface area (Å²) in [6.07, 6.45) is 1.03. The summed E-state index contributed by atoms with van der Waals surface area (Å²) in [5, 5.41) is 0. The van der Waals surface area contributed by atoms with Crippen molar-refractivity contribution in [1.29, 1.82) is 0 Å². The van der Waals surface area contributed by atoms with Crippen LogP contribution in [-0.2, 0) is 6.42 Å². The molecule has 0 radical (unpaired) electrons. The maximum atomic E-state index is 5.79. The fourth-order valence-corrected chi connectivity index (χ4v) is 3.01. The van der Waals surface area contributed by atoms with Gasteiger partial charge in [-0.15, -0.1) is 0 Å². The van der Waals surface area contributed by atoms with Crippen molar-refractivity contribution in [2.24, 2.45) is 0 Å². The Balaban J connectivity index is 2.11. The fraction of sp³-hybridized carbons (Fsp3) is 0.0769. The van der Waals surface area contributed by atoms with E-state index in [9.17, 15) is 0 Å². The zero-order chi connectivity index (χ0) is 10.3. The Labute approximate surface area is 93.3 Å². The molecular formula is C13H11NS. The van der Waals surface area contributed by atoms with Crippen molar-refractivity contribution in [1.82, 2.24) is 0 Å². The number of nitrogen functional groups attached to an aromatic ring is 1. The zero-order valence-corrected chi connectivity index (χ0v) is 9.05. The van der Waals surface area contributed by atoms with Gasteiger partial charge in [-0.2, -0.15) is 0 Å². The van der Waals surface area contributed by atoms with Crippen LogP contribution in [0.3, 0.4) is 0 Å². The van der Waals surface area contributed by atoms with Gasteiger partial charge in [-0.05, 0) is 35.7 Å². The van der Waals surface area contributed by atoms with E-state index in [0.29, 0.717) is 0 Å². The SMILES string of the molecule is Nc1ccc2c(c1)Sc1ccccc1C2. The molecule has 74 valence electrons. The van der Waals surface area contributed by atoms with E-state index in [2.05, 4.69) is 36.4 Å². The van der Waals surface area contributed by atoms with E-state index < -0.39 is 0 Å². The van der Waals surface area contributed by atoms with Crippen molar-refractivity contribution in [2.45, 2.75) is 16.2 Å². The van der Waals surface area contributed by atoms with Crippen LogP contribution in [0.15, 0.2) is 52.3 Å². The first kappa shape index (κ1) is 8.86. The van der Waals surface area contributed by atoms with Gasteiger partial charge in [0.05, 0.1) is 0 Å². The molecule has 15 heavy (non-hydrogen) atoms. The molecule has 1 heterocycles. The summed E-state index contributed by atoms with van der Waals surface area (Å²) in [5.41, 5.74) is 9.44. The number of nitrogens with two attached hydrogens (primary N) is 1. The topological polar surface area (TPSA) is 26.0 Å². The Bertz CT molecular complexity index is 520. The second kappa shape index (κ2) is 3.31. The normalized spacial score (nSPS) is 13.1. The van der Waals surface area contributed by atoms with Crippen molar-refractivity contribution in [3.05, 3.63) is 53.6 Å². The Morgan fingerprint density at radius 1 is 0.933 bits per heavy atom. The van der Waals surface area contributed by atoms with Gasteiger partial charge in [0, 0.05) is 15.5 Å². The van der Waals surface area contributed by atoms with Gasteiger partial charge in [-0.1, -0.05) is 36.0 Å². The van der Waals surface area contributed by atoms with E-state index in [1.165, 1.54) is 20.9 Å². The molecule has 2 aromatic rings. The van der Waals surface area contributed by atoms with Crippen molar-refractivity contribution >= 4 is 17.4 Å². The van der Waals surface area contributed by atoms with Crippen LogP contribution in [0.25, 0.3) is 0 Å². The molecule has 3 rings (SSSR count). The van der Waals surface area contributed by atoms with Crippen molar-refractivity contribution in [3.63, 3.8) is 0 Å². The zero-order valence-electron chi connectivity index (χ0n) is 8.23. The Morgan fingerprint density at radius 2 is 1.73 bits per heavy atom. The van der Waals surface area contributed by atoms with Gasteiger partial charge in [0.25, 0.3) is 0 Å². The summed E-state index contributed by atoms with van der Waals surface area (Å²) in [5.74, 6) is 0. The number of fused-ring (bicyclic) bond motifs is 2. The first-order valence-electron chi connectivity index (χ1n) is 4.97. The molecule has 0 atom stereocenters. The Kier molecular flexibility index (Phi) is 1.96. The van der Waals surface area contributed by atoms with E-state index in [-0.39, 0.29) is 0 Å². The van der Waals surface area contributed by atoms with Crippen LogP contribution >= 0.6 is 11.8 Å². The summed E-state index contributed by atoms with van der Waals surface area (Å²) in [7, 11) is 0. The molecule has 0 bridgehead atoms. The van der Waals surface area contributed by atoms with Crippen LogP contribution in [-0.4, -0.2) is 0 Å². The minimum atomic E-state index is 0.848. The van der Waals surface area contributed by atoms with Gasteiger partial charge < -0.3 is 5.73 Å². The van der Waals surface area contributed by atoms with Crippen LogP contribution in [0.4, 0.5) is 5.69 Å². The highest BCUT2D eigenvalue weighted by molar-refractivity contribution is 7.99. The van der Waals surface area contributed by atoms with E-state index in [0.717, 1.165) is 12.1 Å². The lowest BCUT2D eigenvalue weighted by Crippen LogP contribution is -1.99. The molecule has 0 unspecified atom stereocenters. The van der Waals surface area contributed by atoms with Gasteiger partial charge in [-0.3, -0.25) is 0 Å². The first-order chi connectivity index (χ1) is 7.33. The average molecular weight is 213 g/mol. The average Bonchev–Trinajstić information content (AvgIpc) is 2.26. The van der Waals surface area contributed by atoms with Crippen LogP contribution in [0.5, 0.6) is 0 Å². The number of hydrogen-bond donors (Lipinski definition) is 1. The van der Waals surface area contributed by atoms with Crippen molar-refractivity contribution < 1.29 is 0 Å². The molecular weight excluding hydrogens is 202 g/mol. The molecule has 2 aromatic carbocycles. The van der Waals surface area contributed by atoms with Gasteiger partial charge >= 0.3 is 0 Å². The predicted octanol–water partition coefficient (Wildman–Crippen LogP) is 3.32. The van der Waals surface area contributed by atoms with Crippen LogP contribution < -0.4 is 5.73 Å². The monoisotopic (exact) mass is 213 g/mol. The minimum absolute atomic E-state index is 0.848. The molecule has 1 aliphatic heterocycles. The maximum absolute atomic E-state index is 5.79. The highest BCUT2D eigenvalue weighted by atomic mass is 32.2. The lowest BCUT2D eigenvalue weighted by atomic mass is 10.0. The molecule has 0 spiro atoms. The van der Waals surface area contributed by atoms with Crippen LogP contribution in [0, 0.1) is 0 Å². The molecule has 2 heteroatoms. The quantitative estimate of drug-likeness (QED) is 0.580. The molecule has 0 aromatic heterocycles. The largest absolute Gasteiger partial charge is 0.399 e. The van der Waals surface area contributed by atoms with Gasteiger partial charge in [0.15, 0.2) is 0 Å². The number of rotatable bonds is 0. The predicted molar refractivity (Wildman–Crippen MR) is 64.2 cm³/mol. The lowest BCUT2D eigenvalue weighted by molar-refractivity contribution is 1.06. The summed E-state index contributed by atoms with van der Waals surface area (Å²) in [4.78, 5) is 2.66. The molecule has 0 saturated heterocycles. The smallest absolute Gasteiger partial charge is 0.0325 e. The summed E-state index contributed by atoms with van der Waals surface area (Å²) < 4.78 is 0. The highest BCUT2D eigenvalue weighted by Gasteiger charge is 2.14. The molecule has 0 saturated carbocycles. The van der Waals surface area contributed by atoms with Gasteiger partial charge in [0.1, 0.15) is 0 Å². The third-order valence-electron chi connectivity index (χ3n) is 2.66. The Morgan fingerprint density at radius 3 is 2.67 bits per heavy atom.